The molecule has 13 heavy (non-hydrogen) atoms. The van der Waals surface area contributed by atoms with Crippen molar-refractivity contribution >= 4 is 5.91 Å². The number of hydrogen-bond acceptors (Lipinski definition) is 2. The fraction of sp³-hybridized carbons (Fsp3) is 0.900. The highest BCUT2D eigenvalue weighted by molar-refractivity contribution is 5.77. The molecule has 1 aliphatic carbocycles. The first-order valence-electron chi connectivity index (χ1n) is 5.19. The molecule has 0 spiro atoms. The van der Waals surface area contributed by atoms with Crippen LogP contribution >= 0.6 is 0 Å². The molecule has 1 N–H and O–H groups in total. The molecular weight excluding hydrogens is 164 g/mol. The van der Waals surface area contributed by atoms with Gasteiger partial charge >= 0.3 is 0 Å². The maximum absolute atomic E-state index is 11.1. The molecule has 1 rings (SSSR count). The van der Waals surface area contributed by atoms with E-state index in [-0.39, 0.29) is 5.91 Å². The van der Waals surface area contributed by atoms with Crippen molar-refractivity contribution in [3.05, 3.63) is 0 Å². The average molecular weight is 184 g/mol. The summed E-state index contributed by atoms with van der Waals surface area (Å²) in [7, 11) is 1.70. The van der Waals surface area contributed by atoms with Gasteiger partial charge in [0.05, 0.1) is 6.54 Å². The van der Waals surface area contributed by atoms with Gasteiger partial charge in [-0.3, -0.25) is 9.69 Å². The summed E-state index contributed by atoms with van der Waals surface area (Å²) < 4.78 is 0. The molecule has 1 aliphatic rings. The van der Waals surface area contributed by atoms with Crippen LogP contribution in [0, 0.1) is 5.92 Å². The Morgan fingerprint density at radius 3 is 2.69 bits per heavy atom. The van der Waals surface area contributed by atoms with Gasteiger partial charge in [-0.2, -0.15) is 0 Å². The summed E-state index contributed by atoms with van der Waals surface area (Å²) >= 11 is 0. The van der Waals surface area contributed by atoms with Crippen LogP contribution in [-0.4, -0.2) is 37.5 Å². The number of nitrogens with one attached hydrogen (secondary N) is 1. The lowest BCUT2D eigenvalue weighted by Crippen LogP contribution is -2.37. The largest absolute Gasteiger partial charge is 0.358 e. The fourth-order valence-electron chi connectivity index (χ4n) is 1.50. The van der Waals surface area contributed by atoms with Crippen molar-refractivity contribution in [2.75, 3.05) is 26.7 Å². The lowest BCUT2D eigenvalue weighted by Gasteiger charge is -2.20. The molecule has 1 fully saturated rings. The minimum Gasteiger partial charge on any atom is -0.358 e. The predicted octanol–water partition coefficient (Wildman–Crippen LogP) is 0.854. The van der Waals surface area contributed by atoms with Crippen molar-refractivity contribution in [3.63, 3.8) is 0 Å². The summed E-state index contributed by atoms with van der Waals surface area (Å²) in [5.41, 5.74) is 0. The Morgan fingerprint density at radius 2 is 2.23 bits per heavy atom. The molecule has 0 aliphatic heterocycles. The van der Waals surface area contributed by atoms with Gasteiger partial charge in [0.2, 0.25) is 5.91 Å². The van der Waals surface area contributed by atoms with Crippen LogP contribution in [0.1, 0.15) is 26.2 Å². The second kappa shape index (κ2) is 5.22. The first kappa shape index (κ1) is 10.5. The first-order chi connectivity index (χ1) is 6.26. The number of nitrogens with zero attached hydrogens (tertiary/aromatic N) is 1. The molecule has 3 heteroatoms. The Labute approximate surface area is 80.5 Å². The molecule has 76 valence electrons. The van der Waals surface area contributed by atoms with E-state index in [1.807, 2.05) is 0 Å². The second-order valence-corrected chi connectivity index (χ2v) is 3.85. The van der Waals surface area contributed by atoms with E-state index in [1.165, 1.54) is 12.8 Å². The third kappa shape index (κ3) is 4.27. The van der Waals surface area contributed by atoms with Crippen molar-refractivity contribution in [2.24, 2.45) is 5.92 Å². The summed E-state index contributed by atoms with van der Waals surface area (Å²) in [4.78, 5) is 13.4. The Hall–Kier alpha value is -0.570. The van der Waals surface area contributed by atoms with Crippen LogP contribution in [0.2, 0.25) is 0 Å². The van der Waals surface area contributed by atoms with Crippen LogP contribution in [0.4, 0.5) is 0 Å². The van der Waals surface area contributed by atoms with Crippen LogP contribution in [0.15, 0.2) is 0 Å². The maximum atomic E-state index is 11.1. The van der Waals surface area contributed by atoms with E-state index in [4.69, 9.17) is 0 Å². The molecular formula is C10H20N2O. The van der Waals surface area contributed by atoms with Crippen molar-refractivity contribution in [2.45, 2.75) is 26.2 Å². The quantitative estimate of drug-likeness (QED) is 0.664. The molecule has 0 saturated heterocycles. The SMILES string of the molecule is CCCN(CC(=O)NC)CC1CC1. The molecule has 0 heterocycles. The van der Waals surface area contributed by atoms with E-state index in [0.717, 1.165) is 25.4 Å². The van der Waals surface area contributed by atoms with E-state index >= 15 is 0 Å². The summed E-state index contributed by atoms with van der Waals surface area (Å²) in [5.74, 6) is 1.00. The molecule has 1 saturated carbocycles. The van der Waals surface area contributed by atoms with Crippen LogP contribution in [0.25, 0.3) is 0 Å². The minimum atomic E-state index is 0.133. The number of carbonyl (C=O) groups excluding carboxylic acids is 1. The van der Waals surface area contributed by atoms with Gasteiger partial charge in [0, 0.05) is 13.6 Å². The molecule has 0 unspecified atom stereocenters. The second-order valence-electron chi connectivity index (χ2n) is 3.85. The number of hydrogen-bond donors (Lipinski definition) is 1. The third-order valence-corrected chi connectivity index (χ3v) is 2.40. The van der Waals surface area contributed by atoms with Gasteiger partial charge < -0.3 is 5.32 Å². The van der Waals surface area contributed by atoms with Crippen LogP contribution < -0.4 is 5.32 Å². The molecule has 1 amide bonds. The number of carbonyl (C=O) groups is 1. The topological polar surface area (TPSA) is 32.3 Å². The zero-order valence-corrected chi connectivity index (χ0v) is 8.68. The van der Waals surface area contributed by atoms with Crippen molar-refractivity contribution in [1.82, 2.24) is 10.2 Å². The monoisotopic (exact) mass is 184 g/mol. The van der Waals surface area contributed by atoms with Crippen molar-refractivity contribution in [1.29, 1.82) is 0 Å². The van der Waals surface area contributed by atoms with Crippen LogP contribution in [0.5, 0.6) is 0 Å². The minimum absolute atomic E-state index is 0.133. The van der Waals surface area contributed by atoms with E-state index in [9.17, 15) is 4.79 Å². The molecule has 0 atom stereocenters. The van der Waals surface area contributed by atoms with E-state index in [1.54, 1.807) is 7.05 Å². The molecule has 0 radical (unpaired) electrons. The lowest BCUT2D eigenvalue weighted by atomic mass is 10.3. The summed E-state index contributed by atoms with van der Waals surface area (Å²) in [6, 6.07) is 0. The zero-order chi connectivity index (χ0) is 9.68. The number of likely N-dealkylation sites (N-methyl/N-ethyl adjacent to an activating group) is 1. The highest BCUT2D eigenvalue weighted by atomic mass is 16.1. The van der Waals surface area contributed by atoms with Gasteiger partial charge in [-0.15, -0.1) is 0 Å². The highest BCUT2D eigenvalue weighted by Gasteiger charge is 2.24. The molecule has 0 bridgehead atoms. The van der Waals surface area contributed by atoms with Gasteiger partial charge in [-0.1, -0.05) is 6.92 Å². The van der Waals surface area contributed by atoms with Gasteiger partial charge in [-0.05, 0) is 31.7 Å². The summed E-state index contributed by atoms with van der Waals surface area (Å²) in [6.07, 6.45) is 3.84. The lowest BCUT2D eigenvalue weighted by molar-refractivity contribution is -0.121. The number of amides is 1. The predicted molar refractivity (Wildman–Crippen MR) is 53.5 cm³/mol. The Bertz CT molecular complexity index is 166. The Morgan fingerprint density at radius 1 is 1.54 bits per heavy atom. The van der Waals surface area contributed by atoms with Crippen LogP contribution in [-0.2, 0) is 4.79 Å². The zero-order valence-electron chi connectivity index (χ0n) is 8.68. The Balaban J connectivity index is 2.22. The van der Waals surface area contributed by atoms with Gasteiger partial charge in [0.15, 0.2) is 0 Å². The van der Waals surface area contributed by atoms with Crippen LogP contribution in [0.3, 0.4) is 0 Å². The summed E-state index contributed by atoms with van der Waals surface area (Å²) in [5, 5.41) is 2.67. The Kier molecular flexibility index (Phi) is 4.22. The smallest absolute Gasteiger partial charge is 0.233 e. The van der Waals surface area contributed by atoms with Crippen molar-refractivity contribution < 1.29 is 4.79 Å². The van der Waals surface area contributed by atoms with Gasteiger partial charge in [0.1, 0.15) is 0 Å². The standard InChI is InChI=1S/C10H20N2O/c1-3-6-12(7-9-4-5-9)8-10(13)11-2/h9H,3-8H2,1-2H3,(H,11,13). The highest BCUT2D eigenvalue weighted by Crippen LogP contribution is 2.29. The molecule has 0 aromatic rings. The number of rotatable bonds is 6. The third-order valence-electron chi connectivity index (χ3n) is 2.40. The van der Waals surface area contributed by atoms with Gasteiger partial charge in [-0.25, -0.2) is 0 Å². The normalized spacial score (nSPS) is 16.2. The fourth-order valence-corrected chi connectivity index (χ4v) is 1.50. The average Bonchev–Trinajstić information content (AvgIpc) is 2.88. The maximum Gasteiger partial charge on any atom is 0.233 e. The summed E-state index contributed by atoms with van der Waals surface area (Å²) in [6.45, 7) is 4.88. The van der Waals surface area contributed by atoms with E-state index in [2.05, 4.69) is 17.1 Å². The van der Waals surface area contributed by atoms with Gasteiger partial charge in [0.25, 0.3) is 0 Å². The van der Waals surface area contributed by atoms with E-state index < -0.39 is 0 Å². The molecule has 3 nitrogen and oxygen atoms in total. The van der Waals surface area contributed by atoms with E-state index in [0.29, 0.717) is 6.54 Å². The first-order valence-corrected chi connectivity index (χ1v) is 5.19. The molecule has 0 aromatic heterocycles. The molecule has 0 aromatic carbocycles. The van der Waals surface area contributed by atoms with Crippen molar-refractivity contribution in [3.8, 4) is 0 Å².